The lowest BCUT2D eigenvalue weighted by molar-refractivity contribution is -0.137. The van der Waals surface area contributed by atoms with Gasteiger partial charge in [0, 0.05) is 11.8 Å². The molecule has 1 atom stereocenters. The lowest BCUT2D eigenvalue weighted by Gasteiger charge is -2.04. The van der Waals surface area contributed by atoms with E-state index in [1.165, 1.54) is 32.1 Å². The van der Waals surface area contributed by atoms with Crippen molar-refractivity contribution in [2.45, 2.75) is 83.2 Å². The maximum atomic E-state index is 12.9. The molecule has 4 heteroatoms. The van der Waals surface area contributed by atoms with E-state index in [1.54, 1.807) is 0 Å². The van der Waals surface area contributed by atoms with Gasteiger partial charge in [-0.1, -0.05) is 73.7 Å². The molecule has 2 nitrogen and oxygen atoms in total. The molecule has 0 aliphatic heterocycles. The predicted octanol–water partition coefficient (Wildman–Crippen LogP) is 5.49. The normalized spacial score (nSPS) is 12.5. The first-order valence-corrected chi connectivity index (χ1v) is 8.70. The Balaban J connectivity index is 3.01. The monoisotopic (exact) mass is 338 g/mol. The summed E-state index contributed by atoms with van der Waals surface area (Å²) in [4.78, 5) is 10.3. The number of carbonyl (C=O) groups is 1. The number of carboxylic acids is 1. The minimum atomic E-state index is -0.685. The summed E-state index contributed by atoms with van der Waals surface area (Å²) in [6.07, 6.45) is 11.7. The summed E-state index contributed by atoms with van der Waals surface area (Å²) in [5.41, 5.74) is 0. The van der Waals surface area contributed by atoms with Crippen LogP contribution in [0.4, 0.5) is 4.39 Å². The topological polar surface area (TPSA) is 37.3 Å². The first-order chi connectivity index (χ1) is 9.16. The minimum Gasteiger partial charge on any atom is -0.481 e. The standard InChI is InChI=1S/C15H28BrFO2/c16-13-14(17)11-9-7-5-3-1-2-4-6-8-10-12-15(18)19/h14H,1-13H2,(H,18,19)/t14-/m0/s1. The summed E-state index contributed by atoms with van der Waals surface area (Å²) in [5.74, 6) is -0.685. The maximum Gasteiger partial charge on any atom is 0.303 e. The van der Waals surface area contributed by atoms with Gasteiger partial charge in [0.2, 0.25) is 0 Å². The van der Waals surface area contributed by atoms with Gasteiger partial charge in [0.1, 0.15) is 6.17 Å². The summed E-state index contributed by atoms with van der Waals surface area (Å²) in [6.45, 7) is 0. The number of rotatable bonds is 14. The van der Waals surface area contributed by atoms with Gasteiger partial charge in [0.15, 0.2) is 0 Å². The average molecular weight is 339 g/mol. The molecule has 0 radical (unpaired) electrons. The van der Waals surface area contributed by atoms with Gasteiger partial charge in [-0.2, -0.15) is 0 Å². The summed E-state index contributed by atoms with van der Waals surface area (Å²) in [6, 6.07) is 0. The molecule has 114 valence electrons. The molecule has 0 aromatic rings. The van der Waals surface area contributed by atoms with Crippen LogP contribution in [-0.2, 0) is 4.79 Å². The number of carboxylic acid groups (broad SMARTS) is 1. The van der Waals surface area contributed by atoms with E-state index in [2.05, 4.69) is 15.9 Å². The van der Waals surface area contributed by atoms with Gasteiger partial charge >= 0.3 is 5.97 Å². The number of alkyl halides is 2. The fraction of sp³-hybridized carbons (Fsp3) is 0.933. The van der Waals surface area contributed by atoms with E-state index in [1.807, 2.05) is 0 Å². The van der Waals surface area contributed by atoms with E-state index in [0.717, 1.165) is 32.1 Å². The highest BCUT2D eigenvalue weighted by Gasteiger charge is 2.02. The van der Waals surface area contributed by atoms with Gasteiger partial charge in [-0.05, 0) is 12.8 Å². The van der Waals surface area contributed by atoms with Gasteiger partial charge in [-0.15, -0.1) is 0 Å². The summed E-state index contributed by atoms with van der Waals surface area (Å²) >= 11 is 3.14. The molecule has 0 unspecified atom stereocenters. The van der Waals surface area contributed by atoms with Crippen molar-refractivity contribution in [1.82, 2.24) is 0 Å². The van der Waals surface area contributed by atoms with Crippen LogP contribution < -0.4 is 0 Å². The van der Waals surface area contributed by atoms with Gasteiger partial charge in [0.25, 0.3) is 0 Å². The second-order valence-electron chi connectivity index (χ2n) is 5.22. The predicted molar refractivity (Wildman–Crippen MR) is 81.7 cm³/mol. The van der Waals surface area contributed by atoms with Crippen molar-refractivity contribution in [3.63, 3.8) is 0 Å². The molecule has 0 fully saturated rings. The SMILES string of the molecule is O=C(O)CCCCCCCCCCCC[C@H](F)CBr. The van der Waals surface area contributed by atoms with E-state index in [-0.39, 0.29) is 0 Å². The van der Waals surface area contributed by atoms with Gasteiger partial charge < -0.3 is 5.11 Å². The van der Waals surface area contributed by atoms with Crippen molar-refractivity contribution in [1.29, 1.82) is 0 Å². The maximum absolute atomic E-state index is 12.9. The summed E-state index contributed by atoms with van der Waals surface area (Å²) < 4.78 is 12.9. The second kappa shape index (κ2) is 14.3. The van der Waals surface area contributed by atoms with Crippen molar-refractivity contribution >= 4 is 21.9 Å². The Morgan fingerprint density at radius 1 is 0.895 bits per heavy atom. The summed E-state index contributed by atoms with van der Waals surface area (Å²) in [5, 5.41) is 8.95. The largest absolute Gasteiger partial charge is 0.481 e. The Kier molecular flexibility index (Phi) is 14.2. The van der Waals surface area contributed by atoms with Gasteiger partial charge in [-0.25, -0.2) is 4.39 Å². The molecular formula is C15H28BrFO2. The molecule has 0 aliphatic carbocycles. The Hall–Kier alpha value is -0.120. The number of unbranched alkanes of at least 4 members (excludes halogenated alkanes) is 9. The lowest BCUT2D eigenvalue weighted by Crippen LogP contribution is -2.00. The van der Waals surface area contributed by atoms with Crippen molar-refractivity contribution in [3.05, 3.63) is 0 Å². The second-order valence-corrected chi connectivity index (χ2v) is 5.87. The van der Waals surface area contributed by atoms with Crippen molar-refractivity contribution in [2.24, 2.45) is 0 Å². The fourth-order valence-corrected chi connectivity index (χ4v) is 2.46. The molecule has 0 rings (SSSR count). The lowest BCUT2D eigenvalue weighted by atomic mass is 10.0. The van der Waals surface area contributed by atoms with Crippen molar-refractivity contribution in [2.75, 3.05) is 5.33 Å². The highest BCUT2D eigenvalue weighted by molar-refractivity contribution is 9.09. The van der Waals surface area contributed by atoms with Crippen molar-refractivity contribution in [3.8, 4) is 0 Å². The van der Waals surface area contributed by atoms with Crippen LogP contribution in [0.3, 0.4) is 0 Å². The Bertz CT molecular complexity index is 212. The van der Waals surface area contributed by atoms with Crippen LogP contribution in [0.5, 0.6) is 0 Å². The van der Waals surface area contributed by atoms with E-state index in [0.29, 0.717) is 18.2 Å². The van der Waals surface area contributed by atoms with Gasteiger partial charge in [0.05, 0.1) is 0 Å². The van der Waals surface area contributed by atoms with Crippen LogP contribution in [0.25, 0.3) is 0 Å². The van der Waals surface area contributed by atoms with Crippen LogP contribution >= 0.6 is 15.9 Å². The fourth-order valence-electron chi connectivity index (χ4n) is 2.13. The molecule has 0 spiro atoms. The van der Waals surface area contributed by atoms with E-state index in [9.17, 15) is 9.18 Å². The molecule has 0 saturated heterocycles. The Labute approximate surface area is 125 Å². The third-order valence-electron chi connectivity index (χ3n) is 3.33. The Morgan fingerprint density at radius 2 is 1.32 bits per heavy atom. The van der Waals surface area contributed by atoms with E-state index < -0.39 is 12.1 Å². The molecule has 0 amide bonds. The van der Waals surface area contributed by atoms with Crippen molar-refractivity contribution < 1.29 is 14.3 Å². The molecule has 0 saturated carbocycles. The van der Waals surface area contributed by atoms with Crippen LogP contribution in [0, 0.1) is 0 Å². The average Bonchev–Trinajstić information content (AvgIpc) is 2.39. The molecule has 19 heavy (non-hydrogen) atoms. The molecule has 0 aromatic carbocycles. The van der Waals surface area contributed by atoms with E-state index in [4.69, 9.17) is 5.11 Å². The number of halogens is 2. The zero-order chi connectivity index (χ0) is 14.3. The van der Waals surface area contributed by atoms with Crippen LogP contribution in [0.1, 0.15) is 77.0 Å². The third-order valence-corrected chi connectivity index (χ3v) is 4.03. The smallest absolute Gasteiger partial charge is 0.303 e. The number of hydrogen-bond acceptors (Lipinski definition) is 1. The van der Waals surface area contributed by atoms with E-state index >= 15 is 0 Å². The zero-order valence-corrected chi connectivity index (χ0v) is 13.5. The van der Waals surface area contributed by atoms with Crippen LogP contribution in [-0.4, -0.2) is 22.6 Å². The number of hydrogen-bond donors (Lipinski definition) is 1. The summed E-state index contributed by atoms with van der Waals surface area (Å²) in [7, 11) is 0. The number of aliphatic carboxylic acids is 1. The van der Waals surface area contributed by atoms with Gasteiger partial charge in [-0.3, -0.25) is 4.79 Å². The zero-order valence-electron chi connectivity index (χ0n) is 11.9. The highest BCUT2D eigenvalue weighted by atomic mass is 79.9. The molecule has 1 N–H and O–H groups in total. The van der Waals surface area contributed by atoms with Crippen LogP contribution in [0.2, 0.25) is 0 Å². The third kappa shape index (κ3) is 15.8. The van der Waals surface area contributed by atoms with Crippen LogP contribution in [0.15, 0.2) is 0 Å². The molecule has 0 aliphatic rings. The molecule has 0 heterocycles. The Morgan fingerprint density at radius 3 is 1.74 bits per heavy atom. The highest BCUT2D eigenvalue weighted by Crippen LogP contribution is 2.13. The molecular weight excluding hydrogens is 311 g/mol. The first kappa shape index (κ1) is 18.9. The minimum absolute atomic E-state index is 0.309. The first-order valence-electron chi connectivity index (χ1n) is 7.58. The molecule has 0 aromatic heterocycles. The molecule has 0 bridgehead atoms. The quantitative estimate of drug-likeness (QED) is 0.336.